The van der Waals surface area contributed by atoms with E-state index in [1.54, 1.807) is 22.9 Å². The number of benzene rings is 3. The number of Topliss-reactive ketones (excluding diaryl/α,β-unsaturated/α-hetero) is 1. The summed E-state index contributed by atoms with van der Waals surface area (Å²) < 4.78 is 1.66. The number of carbonyl (C=O) groups excluding carboxylic acids is 2. The van der Waals surface area contributed by atoms with Gasteiger partial charge in [0, 0.05) is 16.7 Å². The third-order valence-electron chi connectivity index (χ3n) is 4.93. The van der Waals surface area contributed by atoms with Crippen LogP contribution in [0.3, 0.4) is 0 Å². The molecule has 0 aliphatic heterocycles. The number of nitrogens with zero attached hydrogens (tertiary/aromatic N) is 3. The quantitative estimate of drug-likeness (QED) is 0.512. The number of ketones is 1. The third-order valence-corrected chi connectivity index (χ3v) is 4.93. The van der Waals surface area contributed by atoms with E-state index in [9.17, 15) is 9.59 Å². The van der Waals surface area contributed by atoms with E-state index in [1.165, 1.54) is 12.5 Å². The SMILES string of the molecule is CC(=O)c1cc(-c2ccc(C(N)=O)cc2)cc(-n2cc(-c3ccc(C)cc3)nn2)c1. The molecule has 148 valence electrons. The van der Waals surface area contributed by atoms with Gasteiger partial charge in [-0.15, -0.1) is 5.10 Å². The molecule has 0 unspecified atom stereocenters. The molecule has 6 heteroatoms. The number of primary amides is 1. The first-order valence-corrected chi connectivity index (χ1v) is 9.47. The van der Waals surface area contributed by atoms with Gasteiger partial charge in [0.05, 0.1) is 11.9 Å². The highest BCUT2D eigenvalue weighted by Gasteiger charge is 2.11. The molecule has 1 heterocycles. The van der Waals surface area contributed by atoms with Crippen LogP contribution in [-0.4, -0.2) is 26.7 Å². The summed E-state index contributed by atoms with van der Waals surface area (Å²) in [7, 11) is 0. The van der Waals surface area contributed by atoms with Crippen molar-refractivity contribution in [3.05, 3.63) is 89.6 Å². The third kappa shape index (κ3) is 3.89. The summed E-state index contributed by atoms with van der Waals surface area (Å²) in [6.45, 7) is 3.56. The van der Waals surface area contributed by atoms with Crippen LogP contribution >= 0.6 is 0 Å². The lowest BCUT2D eigenvalue weighted by molar-refractivity contribution is 0.0996. The van der Waals surface area contributed by atoms with Crippen LogP contribution in [0.15, 0.2) is 72.9 Å². The summed E-state index contributed by atoms with van der Waals surface area (Å²) in [4.78, 5) is 23.4. The van der Waals surface area contributed by atoms with Crippen molar-refractivity contribution in [3.8, 4) is 28.1 Å². The fraction of sp³-hybridized carbons (Fsp3) is 0.0833. The Hall–Kier alpha value is -4.06. The first-order chi connectivity index (χ1) is 14.4. The number of nitrogens with two attached hydrogens (primary N) is 1. The van der Waals surface area contributed by atoms with Gasteiger partial charge < -0.3 is 5.73 Å². The summed E-state index contributed by atoms with van der Waals surface area (Å²) in [6.07, 6.45) is 1.84. The molecule has 1 aromatic heterocycles. The zero-order chi connectivity index (χ0) is 21.3. The fourth-order valence-corrected chi connectivity index (χ4v) is 3.19. The van der Waals surface area contributed by atoms with Crippen LogP contribution in [-0.2, 0) is 0 Å². The van der Waals surface area contributed by atoms with Crippen molar-refractivity contribution in [2.24, 2.45) is 5.73 Å². The van der Waals surface area contributed by atoms with E-state index in [1.807, 2.05) is 61.7 Å². The number of aryl methyl sites for hydroxylation is 1. The van der Waals surface area contributed by atoms with Gasteiger partial charge in [-0.25, -0.2) is 4.68 Å². The first-order valence-electron chi connectivity index (χ1n) is 9.47. The molecule has 4 rings (SSSR count). The van der Waals surface area contributed by atoms with Crippen molar-refractivity contribution in [3.63, 3.8) is 0 Å². The van der Waals surface area contributed by atoms with Gasteiger partial charge in [-0.1, -0.05) is 47.2 Å². The highest BCUT2D eigenvalue weighted by atomic mass is 16.1. The minimum Gasteiger partial charge on any atom is -0.366 e. The average molecular weight is 396 g/mol. The lowest BCUT2D eigenvalue weighted by atomic mass is 9.99. The van der Waals surface area contributed by atoms with E-state index < -0.39 is 5.91 Å². The second-order valence-electron chi connectivity index (χ2n) is 7.18. The molecule has 4 aromatic rings. The van der Waals surface area contributed by atoms with E-state index >= 15 is 0 Å². The lowest BCUT2D eigenvalue weighted by Crippen LogP contribution is -2.10. The molecule has 1 amide bonds. The zero-order valence-corrected chi connectivity index (χ0v) is 16.7. The minimum atomic E-state index is -0.481. The zero-order valence-electron chi connectivity index (χ0n) is 16.7. The van der Waals surface area contributed by atoms with Crippen LogP contribution in [0.1, 0.15) is 33.2 Å². The molecule has 3 aromatic carbocycles. The van der Waals surface area contributed by atoms with Crippen molar-refractivity contribution < 1.29 is 9.59 Å². The van der Waals surface area contributed by atoms with Gasteiger partial charge in [0.15, 0.2) is 5.78 Å². The number of hydrogen-bond acceptors (Lipinski definition) is 4. The number of rotatable bonds is 5. The standard InChI is InChI=1S/C24H20N4O2/c1-15-3-5-18(6-4-15)23-14-28(27-26-23)22-12-20(16(2)29)11-21(13-22)17-7-9-19(10-8-17)24(25)30/h3-14H,1-2H3,(H2,25,30). The molecule has 0 bridgehead atoms. The maximum atomic E-state index is 12.1. The van der Waals surface area contributed by atoms with Crippen molar-refractivity contribution in [1.82, 2.24) is 15.0 Å². The Bertz CT molecular complexity index is 1240. The van der Waals surface area contributed by atoms with Crippen LogP contribution < -0.4 is 5.73 Å². The Morgan fingerprint density at radius 3 is 2.13 bits per heavy atom. The minimum absolute atomic E-state index is 0.0503. The van der Waals surface area contributed by atoms with Crippen LogP contribution in [0.2, 0.25) is 0 Å². The second kappa shape index (κ2) is 7.75. The first kappa shape index (κ1) is 19.3. The van der Waals surface area contributed by atoms with Crippen LogP contribution in [0.4, 0.5) is 0 Å². The molecule has 0 fully saturated rings. The molecular formula is C24H20N4O2. The smallest absolute Gasteiger partial charge is 0.248 e. The summed E-state index contributed by atoms with van der Waals surface area (Å²) in [5.41, 5.74) is 11.6. The molecule has 6 nitrogen and oxygen atoms in total. The molecule has 0 radical (unpaired) electrons. The van der Waals surface area contributed by atoms with Crippen molar-refractivity contribution in [2.45, 2.75) is 13.8 Å². The predicted octanol–water partition coefficient (Wildman–Crippen LogP) is 4.21. The Labute approximate surface area is 174 Å². The van der Waals surface area contributed by atoms with Crippen LogP contribution in [0.5, 0.6) is 0 Å². The summed E-state index contributed by atoms with van der Waals surface area (Å²) in [5.74, 6) is -0.531. The second-order valence-corrected chi connectivity index (χ2v) is 7.18. The molecule has 0 aliphatic carbocycles. The maximum Gasteiger partial charge on any atom is 0.248 e. The number of amides is 1. The fourth-order valence-electron chi connectivity index (χ4n) is 3.19. The number of carbonyl (C=O) groups is 2. The normalized spacial score (nSPS) is 10.7. The molecule has 0 saturated carbocycles. The maximum absolute atomic E-state index is 12.1. The van der Waals surface area contributed by atoms with E-state index in [-0.39, 0.29) is 5.78 Å². The Morgan fingerprint density at radius 2 is 1.50 bits per heavy atom. The van der Waals surface area contributed by atoms with Crippen molar-refractivity contribution in [2.75, 3.05) is 0 Å². The highest BCUT2D eigenvalue weighted by molar-refractivity contribution is 5.96. The number of hydrogen-bond donors (Lipinski definition) is 1. The Morgan fingerprint density at radius 1 is 0.833 bits per heavy atom. The monoisotopic (exact) mass is 396 g/mol. The molecule has 0 atom stereocenters. The molecule has 0 saturated heterocycles. The van der Waals surface area contributed by atoms with Crippen LogP contribution in [0, 0.1) is 6.92 Å². The van der Waals surface area contributed by atoms with Gasteiger partial charge >= 0.3 is 0 Å². The van der Waals surface area contributed by atoms with E-state index in [0.717, 1.165) is 28.1 Å². The van der Waals surface area contributed by atoms with Gasteiger partial charge in [0.25, 0.3) is 0 Å². The van der Waals surface area contributed by atoms with Gasteiger partial charge in [-0.2, -0.15) is 0 Å². The Balaban J connectivity index is 1.76. The van der Waals surface area contributed by atoms with Crippen molar-refractivity contribution >= 4 is 11.7 Å². The molecule has 0 spiro atoms. The molecular weight excluding hydrogens is 376 g/mol. The van der Waals surface area contributed by atoms with Gasteiger partial charge in [0.2, 0.25) is 5.91 Å². The van der Waals surface area contributed by atoms with E-state index in [4.69, 9.17) is 5.73 Å². The van der Waals surface area contributed by atoms with E-state index in [2.05, 4.69) is 10.3 Å². The average Bonchev–Trinajstić information content (AvgIpc) is 3.24. The Kier molecular flexibility index (Phi) is 4.98. The van der Waals surface area contributed by atoms with Gasteiger partial charge in [-0.3, -0.25) is 9.59 Å². The van der Waals surface area contributed by atoms with Crippen LogP contribution in [0.25, 0.3) is 28.1 Å². The van der Waals surface area contributed by atoms with Gasteiger partial charge in [-0.05, 0) is 55.3 Å². The molecule has 0 aliphatic rings. The number of aromatic nitrogens is 3. The summed E-state index contributed by atoms with van der Waals surface area (Å²) in [6, 6.07) is 20.6. The molecule has 2 N–H and O–H groups in total. The topological polar surface area (TPSA) is 90.9 Å². The highest BCUT2D eigenvalue weighted by Crippen LogP contribution is 2.26. The van der Waals surface area contributed by atoms with Gasteiger partial charge in [0.1, 0.15) is 5.69 Å². The lowest BCUT2D eigenvalue weighted by Gasteiger charge is -2.09. The largest absolute Gasteiger partial charge is 0.366 e. The summed E-state index contributed by atoms with van der Waals surface area (Å²) >= 11 is 0. The predicted molar refractivity (Wildman–Crippen MR) is 115 cm³/mol. The van der Waals surface area contributed by atoms with E-state index in [0.29, 0.717) is 11.1 Å². The summed E-state index contributed by atoms with van der Waals surface area (Å²) in [5, 5.41) is 8.53. The molecule has 30 heavy (non-hydrogen) atoms. The van der Waals surface area contributed by atoms with Crippen molar-refractivity contribution in [1.29, 1.82) is 0 Å².